The number of H-pyrrole nitrogens is 1. The highest BCUT2D eigenvalue weighted by molar-refractivity contribution is 5.82. The van der Waals surface area contributed by atoms with Gasteiger partial charge in [-0.15, -0.1) is 0 Å². The number of halogens is 1. The van der Waals surface area contributed by atoms with Gasteiger partial charge < -0.3 is 15.0 Å². The van der Waals surface area contributed by atoms with Crippen molar-refractivity contribution < 1.29 is 9.50 Å². The molecule has 0 saturated carbocycles. The average molecular weight is 397 g/mol. The van der Waals surface area contributed by atoms with E-state index in [0.717, 1.165) is 38.1 Å². The van der Waals surface area contributed by atoms with Gasteiger partial charge in [0.2, 0.25) is 0 Å². The number of hydrogen-bond donors (Lipinski definition) is 2. The van der Waals surface area contributed by atoms with Gasteiger partial charge in [-0.05, 0) is 37.6 Å². The molecule has 1 aromatic carbocycles. The van der Waals surface area contributed by atoms with Gasteiger partial charge in [0.15, 0.2) is 5.82 Å². The summed E-state index contributed by atoms with van der Waals surface area (Å²) in [5.41, 5.74) is 0.505. The van der Waals surface area contributed by atoms with Crippen molar-refractivity contribution >= 4 is 16.7 Å². The number of nitrogens with zero attached hydrogens (tertiary/aromatic N) is 4. The Bertz CT molecular complexity index is 1090. The highest BCUT2D eigenvalue weighted by Crippen LogP contribution is 2.22. The van der Waals surface area contributed by atoms with Crippen LogP contribution in [-0.2, 0) is 6.61 Å². The number of nitrogens with one attached hydrogen (secondary N) is 1. The predicted molar refractivity (Wildman–Crippen MR) is 110 cm³/mol. The molecule has 7 nitrogen and oxygen atoms in total. The number of fused-ring (bicyclic) bond motifs is 1. The van der Waals surface area contributed by atoms with Gasteiger partial charge in [0.25, 0.3) is 5.56 Å². The van der Waals surface area contributed by atoms with Crippen LogP contribution in [0.3, 0.4) is 0 Å². The number of aliphatic hydroxyl groups excluding tert-OH is 1. The third kappa shape index (κ3) is 3.86. The Morgan fingerprint density at radius 3 is 2.62 bits per heavy atom. The van der Waals surface area contributed by atoms with Gasteiger partial charge >= 0.3 is 0 Å². The fourth-order valence-corrected chi connectivity index (χ4v) is 3.76. The maximum absolute atomic E-state index is 13.9. The molecule has 0 amide bonds. The smallest absolute Gasteiger partial charge is 0.259 e. The molecule has 4 rings (SSSR count). The molecule has 1 aliphatic rings. The number of aromatic nitrogens is 3. The normalized spacial score (nSPS) is 15.4. The average Bonchev–Trinajstić information content (AvgIpc) is 2.72. The highest BCUT2D eigenvalue weighted by atomic mass is 19.1. The van der Waals surface area contributed by atoms with E-state index in [9.17, 15) is 14.3 Å². The zero-order chi connectivity index (χ0) is 20.5. The minimum atomic E-state index is -0.546. The summed E-state index contributed by atoms with van der Waals surface area (Å²) in [6, 6.07) is 8.45. The molecule has 0 unspecified atom stereocenters. The Balaban J connectivity index is 1.68. The van der Waals surface area contributed by atoms with Crippen LogP contribution in [0.1, 0.15) is 19.4 Å². The molecular formula is C21H24FN5O2. The maximum Gasteiger partial charge on any atom is 0.259 e. The van der Waals surface area contributed by atoms with Crippen molar-refractivity contribution in [3.63, 3.8) is 0 Å². The van der Waals surface area contributed by atoms with Crippen molar-refractivity contribution in [2.24, 2.45) is 0 Å². The summed E-state index contributed by atoms with van der Waals surface area (Å²) in [5, 5.41) is 9.63. The Kier molecular flexibility index (Phi) is 5.29. The zero-order valence-corrected chi connectivity index (χ0v) is 16.5. The molecule has 0 aliphatic carbocycles. The molecule has 1 aliphatic heterocycles. The van der Waals surface area contributed by atoms with Crippen molar-refractivity contribution in [2.75, 3.05) is 31.1 Å². The summed E-state index contributed by atoms with van der Waals surface area (Å²) in [7, 11) is 0. The van der Waals surface area contributed by atoms with Crippen LogP contribution in [0.4, 0.5) is 10.2 Å². The lowest BCUT2D eigenvalue weighted by molar-refractivity contribution is 0.209. The number of rotatable bonds is 4. The minimum Gasteiger partial charge on any atom is -0.392 e. The van der Waals surface area contributed by atoms with E-state index in [0.29, 0.717) is 11.7 Å². The van der Waals surface area contributed by atoms with Gasteiger partial charge in [-0.3, -0.25) is 9.69 Å². The van der Waals surface area contributed by atoms with Gasteiger partial charge in [0, 0.05) is 38.3 Å². The second-order valence-corrected chi connectivity index (χ2v) is 7.53. The van der Waals surface area contributed by atoms with E-state index >= 15 is 0 Å². The third-order valence-electron chi connectivity index (χ3n) is 5.37. The first-order chi connectivity index (χ1) is 14.0. The second-order valence-electron chi connectivity index (χ2n) is 7.53. The summed E-state index contributed by atoms with van der Waals surface area (Å²) >= 11 is 0. The molecule has 1 saturated heterocycles. The zero-order valence-electron chi connectivity index (χ0n) is 16.5. The van der Waals surface area contributed by atoms with Crippen LogP contribution in [0.5, 0.6) is 0 Å². The fraction of sp³-hybridized carbons (Fsp3) is 0.381. The summed E-state index contributed by atoms with van der Waals surface area (Å²) in [5.74, 6) is 0.555. The summed E-state index contributed by atoms with van der Waals surface area (Å²) in [6.07, 6.45) is 0. The molecular weight excluding hydrogens is 373 g/mol. The predicted octanol–water partition coefficient (Wildman–Crippen LogP) is 2.15. The molecule has 3 heterocycles. The largest absolute Gasteiger partial charge is 0.392 e. The van der Waals surface area contributed by atoms with Crippen molar-refractivity contribution in [1.29, 1.82) is 0 Å². The van der Waals surface area contributed by atoms with Crippen molar-refractivity contribution in [2.45, 2.75) is 26.5 Å². The first-order valence-corrected chi connectivity index (χ1v) is 9.76. The lowest BCUT2D eigenvalue weighted by atomic mass is 10.1. The maximum atomic E-state index is 13.9. The van der Waals surface area contributed by atoms with Crippen LogP contribution < -0.4 is 10.5 Å². The number of aliphatic hydroxyl groups is 1. The van der Waals surface area contributed by atoms with Crippen LogP contribution in [0.2, 0.25) is 0 Å². The molecule has 0 atom stereocenters. The van der Waals surface area contributed by atoms with Crippen molar-refractivity contribution in [1.82, 2.24) is 19.9 Å². The standard InChI is InChI=1S/C21H24FN5O2/c1-13(2)26-6-8-27(9-7-26)18-5-3-4-16(23-18)20-24-17-11-15(22)10-14(12-28)19(17)21(29)25-20/h3-5,10-11,13,28H,6-9,12H2,1-2H3,(H,24,25,29). The first kappa shape index (κ1) is 19.5. The Morgan fingerprint density at radius 2 is 1.93 bits per heavy atom. The molecule has 29 heavy (non-hydrogen) atoms. The Morgan fingerprint density at radius 1 is 1.17 bits per heavy atom. The molecule has 1 fully saturated rings. The number of hydrogen-bond acceptors (Lipinski definition) is 6. The van der Waals surface area contributed by atoms with Gasteiger partial charge in [0.05, 0.1) is 17.5 Å². The number of piperazine rings is 1. The number of pyridine rings is 1. The molecule has 2 N–H and O–H groups in total. The van der Waals surface area contributed by atoms with Crippen LogP contribution >= 0.6 is 0 Å². The summed E-state index contributed by atoms with van der Waals surface area (Å²) < 4.78 is 13.9. The van der Waals surface area contributed by atoms with Crippen LogP contribution in [0.25, 0.3) is 22.4 Å². The van der Waals surface area contributed by atoms with E-state index in [4.69, 9.17) is 0 Å². The number of aromatic amines is 1. The Labute approximate surface area is 167 Å². The number of anilines is 1. The summed E-state index contributed by atoms with van der Waals surface area (Å²) in [6.45, 7) is 7.65. The quantitative estimate of drug-likeness (QED) is 0.702. The lowest BCUT2D eigenvalue weighted by Gasteiger charge is -2.37. The van der Waals surface area contributed by atoms with Crippen LogP contribution in [-0.4, -0.2) is 57.2 Å². The number of benzene rings is 1. The van der Waals surface area contributed by atoms with Gasteiger partial charge in [-0.25, -0.2) is 14.4 Å². The topological polar surface area (TPSA) is 85.4 Å². The molecule has 0 radical (unpaired) electrons. The molecule has 152 valence electrons. The third-order valence-corrected chi connectivity index (χ3v) is 5.37. The highest BCUT2D eigenvalue weighted by Gasteiger charge is 2.20. The van der Waals surface area contributed by atoms with E-state index in [1.54, 1.807) is 6.07 Å². The van der Waals surface area contributed by atoms with Crippen LogP contribution in [0, 0.1) is 5.82 Å². The van der Waals surface area contributed by atoms with Crippen molar-refractivity contribution in [3.8, 4) is 11.5 Å². The fourth-order valence-electron chi connectivity index (χ4n) is 3.76. The van der Waals surface area contributed by atoms with E-state index in [2.05, 4.69) is 38.6 Å². The lowest BCUT2D eigenvalue weighted by Crippen LogP contribution is -2.49. The van der Waals surface area contributed by atoms with E-state index in [1.807, 2.05) is 12.1 Å². The molecule has 2 aromatic heterocycles. The van der Waals surface area contributed by atoms with Gasteiger partial charge in [-0.2, -0.15) is 0 Å². The molecule has 3 aromatic rings. The van der Waals surface area contributed by atoms with Gasteiger partial charge in [-0.1, -0.05) is 6.07 Å². The monoisotopic (exact) mass is 397 g/mol. The first-order valence-electron chi connectivity index (χ1n) is 9.76. The van der Waals surface area contributed by atoms with E-state index < -0.39 is 18.0 Å². The SMILES string of the molecule is CC(C)N1CCN(c2cccc(-c3nc4cc(F)cc(CO)c4c(=O)[nH]3)n2)CC1. The molecule has 0 bridgehead atoms. The molecule has 0 spiro atoms. The van der Waals surface area contributed by atoms with E-state index in [1.165, 1.54) is 6.07 Å². The minimum absolute atomic E-state index is 0.193. The Hall–Kier alpha value is -2.84. The second kappa shape index (κ2) is 7.88. The van der Waals surface area contributed by atoms with Crippen molar-refractivity contribution in [3.05, 3.63) is 52.1 Å². The van der Waals surface area contributed by atoms with E-state index in [-0.39, 0.29) is 22.3 Å². The summed E-state index contributed by atoms with van der Waals surface area (Å²) in [4.78, 5) is 29.0. The van der Waals surface area contributed by atoms with Gasteiger partial charge in [0.1, 0.15) is 17.3 Å². The van der Waals surface area contributed by atoms with Crippen LogP contribution in [0.15, 0.2) is 35.1 Å². The molecule has 8 heteroatoms.